The standard InChI is InChI=1S/C12H21ClO10/c13-6-4(1-14)22-12(3-16,10(6)20)23-11-9(19)8(18)7(17)5(2-15)21-11/h4-11,14-20H,1-3H2/t4-,5-,6-,7-,8+,9-,10+,11-,12+/m1/s1. The predicted molar refractivity (Wildman–Crippen MR) is 72.3 cm³/mol. The molecule has 0 saturated carbocycles. The highest BCUT2D eigenvalue weighted by molar-refractivity contribution is 6.21. The van der Waals surface area contributed by atoms with Crippen molar-refractivity contribution in [2.24, 2.45) is 0 Å². The van der Waals surface area contributed by atoms with Crippen LogP contribution in [0.1, 0.15) is 0 Å². The van der Waals surface area contributed by atoms with Crippen molar-refractivity contribution in [3.63, 3.8) is 0 Å². The summed E-state index contributed by atoms with van der Waals surface area (Å²) in [7, 11) is 0. The molecular formula is C12H21ClO10. The van der Waals surface area contributed by atoms with Gasteiger partial charge in [-0.05, 0) is 0 Å². The van der Waals surface area contributed by atoms with E-state index in [-0.39, 0.29) is 0 Å². The van der Waals surface area contributed by atoms with Crippen LogP contribution >= 0.6 is 11.6 Å². The quantitative estimate of drug-likeness (QED) is 0.239. The second-order valence-electron chi connectivity index (χ2n) is 5.51. The van der Waals surface area contributed by atoms with E-state index in [1.165, 1.54) is 0 Å². The van der Waals surface area contributed by atoms with E-state index in [1.54, 1.807) is 0 Å². The van der Waals surface area contributed by atoms with Crippen LogP contribution in [-0.4, -0.2) is 110 Å². The molecule has 2 fully saturated rings. The lowest BCUT2D eigenvalue weighted by Crippen LogP contribution is -2.62. The molecule has 0 radical (unpaired) electrons. The van der Waals surface area contributed by atoms with Gasteiger partial charge in [-0.2, -0.15) is 0 Å². The Morgan fingerprint density at radius 1 is 0.913 bits per heavy atom. The third-order valence-electron chi connectivity index (χ3n) is 4.02. The molecule has 0 amide bonds. The number of hydrogen-bond donors (Lipinski definition) is 7. The summed E-state index contributed by atoms with van der Waals surface area (Å²) in [5, 5.41) is 66.2. The van der Waals surface area contributed by atoms with Gasteiger partial charge in [-0.25, -0.2) is 0 Å². The second kappa shape index (κ2) is 7.42. The van der Waals surface area contributed by atoms with E-state index in [9.17, 15) is 25.5 Å². The lowest BCUT2D eigenvalue weighted by atomic mass is 9.99. The van der Waals surface area contributed by atoms with Crippen molar-refractivity contribution < 1.29 is 50.0 Å². The van der Waals surface area contributed by atoms with E-state index in [0.717, 1.165) is 0 Å². The molecule has 9 atom stereocenters. The molecule has 0 unspecified atom stereocenters. The van der Waals surface area contributed by atoms with E-state index in [0.29, 0.717) is 0 Å². The summed E-state index contributed by atoms with van der Waals surface area (Å²) in [6.07, 6.45) is -10.5. The number of aliphatic hydroxyl groups is 7. The molecule has 0 bridgehead atoms. The van der Waals surface area contributed by atoms with Gasteiger partial charge in [0.2, 0.25) is 5.79 Å². The van der Waals surface area contributed by atoms with Crippen LogP contribution in [0.4, 0.5) is 0 Å². The third-order valence-corrected chi connectivity index (χ3v) is 4.54. The van der Waals surface area contributed by atoms with Gasteiger partial charge in [0.25, 0.3) is 0 Å². The van der Waals surface area contributed by atoms with E-state index in [2.05, 4.69) is 0 Å². The lowest BCUT2D eigenvalue weighted by Gasteiger charge is -2.43. The summed E-state index contributed by atoms with van der Waals surface area (Å²) in [5.74, 6) is -2.10. The molecule has 10 nitrogen and oxygen atoms in total. The van der Waals surface area contributed by atoms with Crippen molar-refractivity contribution >= 4 is 11.6 Å². The Balaban J connectivity index is 2.18. The van der Waals surface area contributed by atoms with Crippen LogP contribution in [0.2, 0.25) is 0 Å². The molecule has 2 heterocycles. The average Bonchev–Trinajstić information content (AvgIpc) is 2.80. The molecule has 0 aromatic carbocycles. The zero-order valence-corrected chi connectivity index (χ0v) is 12.7. The topological polar surface area (TPSA) is 169 Å². The molecule has 0 spiro atoms. The molecule has 2 rings (SSSR count). The van der Waals surface area contributed by atoms with Gasteiger partial charge < -0.3 is 50.0 Å². The fraction of sp³-hybridized carbons (Fsp3) is 1.00. The molecule has 0 aromatic heterocycles. The Labute approximate surface area is 136 Å². The molecule has 0 aromatic rings. The first-order valence-electron chi connectivity index (χ1n) is 7.01. The fourth-order valence-electron chi connectivity index (χ4n) is 2.60. The number of ether oxygens (including phenoxy) is 3. The number of halogens is 1. The molecule has 23 heavy (non-hydrogen) atoms. The first kappa shape index (κ1) is 19.2. The van der Waals surface area contributed by atoms with E-state index in [1.807, 2.05) is 0 Å². The molecule has 0 aliphatic carbocycles. The molecule has 136 valence electrons. The molecule has 11 heteroatoms. The highest BCUT2D eigenvalue weighted by Crippen LogP contribution is 2.38. The van der Waals surface area contributed by atoms with Crippen LogP contribution in [-0.2, 0) is 14.2 Å². The van der Waals surface area contributed by atoms with E-state index < -0.39 is 73.9 Å². The van der Waals surface area contributed by atoms with Crippen LogP contribution in [0.3, 0.4) is 0 Å². The minimum Gasteiger partial charge on any atom is -0.394 e. The maximum Gasteiger partial charge on any atom is 0.222 e. The van der Waals surface area contributed by atoms with Gasteiger partial charge >= 0.3 is 0 Å². The second-order valence-corrected chi connectivity index (χ2v) is 6.02. The zero-order valence-electron chi connectivity index (χ0n) is 12.0. The van der Waals surface area contributed by atoms with Gasteiger partial charge in [-0.1, -0.05) is 0 Å². The van der Waals surface area contributed by atoms with Crippen molar-refractivity contribution in [1.82, 2.24) is 0 Å². The number of alkyl halides is 1. The number of aliphatic hydroxyl groups excluding tert-OH is 7. The van der Waals surface area contributed by atoms with Crippen LogP contribution in [0.5, 0.6) is 0 Å². The first-order valence-corrected chi connectivity index (χ1v) is 7.45. The monoisotopic (exact) mass is 360 g/mol. The summed E-state index contributed by atoms with van der Waals surface area (Å²) >= 11 is 5.89. The maximum atomic E-state index is 10.1. The van der Waals surface area contributed by atoms with E-state index >= 15 is 0 Å². The summed E-state index contributed by atoms with van der Waals surface area (Å²) in [6, 6.07) is 0. The Kier molecular flexibility index (Phi) is 6.20. The zero-order chi connectivity index (χ0) is 17.4. The average molecular weight is 361 g/mol. The normalized spacial score (nSPS) is 51.1. The van der Waals surface area contributed by atoms with E-state index in [4.69, 9.17) is 36.0 Å². The Morgan fingerprint density at radius 2 is 1.52 bits per heavy atom. The van der Waals surface area contributed by atoms with Crippen molar-refractivity contribution in [2.75, 3.05) is 19.8 Å². The van der Waals surface area contributed by atoms with Crippen molar-refractivity contribution in [2.45, 2.75) is 54.1 Å². The Hall–Kier alpha value is -0.110. The fourth-order valence-corrected chi connectivity index (χ4v) is 2.92. The van der Waals surface area contributed by atoms with Crippen molar-refractivity contribution in [1.29, 1.82) is 0 Å². The lowest BCUT2D eigenvalue weighted by molar-refractivity contribution is -0.383. The summed E-state index contributed by atoms with van der Waals surface area (Å²) in [5.41, 5.74) is 0. The van der Waals surface area contributed by atoms with Crippen LogP contribution in [0.25, 0.3) is 0 Å². The van der Waals surface area contributed by atoms with Crippen molar-refractivity contribution in [3.8, 4) is 0 Å². The molecule has 2 saturated heterocycles. The predicted octanol–water partition coefficient (Wildman–Crippen LogP) is -4.15. The van der Waals surface area contributed by atoms with Crippen molar-refractivity contribution in [3.05, 3.63) is 0 Å². The molecule has 2 aliphatic rings. The van der Waals surface area contributed by atoms with Crippen LogP contribution in [0, 0.1) is 0 Å². The minimum atomic E-state index is -2.10. The van der Waals surface area contributed by atoms with Gasteiger partial charge in [0.1, 0.15) is 43.2 Å². The van der Waals surface area contributed by atoms with Gasteiger partial charge in [-0.3, -0.25) is 0 Å². The number of rotatable bonds is 5. The highest BCUT2D eigenvalue weighted by atomic mass is 35.5. The largest absolute Gasteiger partial charge is 0.394 e. The molecule has 2 aliphatic heterocycles. The van der Waals surface area contributed by atoms with Crippen LogP contribution < -0.4 is 0 Å². The minimum absolute atomic E-state index is 0.551. The summed E-state index contributed by atoms with van der Waals surface area (Å²) < 4.78 is 15.7. The van der Waals surface area contributed by atoms with Gasteiger partial charge in [0.15, 0.2) is 6.29 Å². The van der Waals surface area contributed by atoms with Gasteiger partial charge in [0.05, 0.1) is 18.6 Å². The first-order chi connectivity index (χ1) is 10.8. The maximum absolute atomic E-state index is 10.1. The Morgan fingerprint density at radius 3 is 2.00 bits per heavy atom. The molecular weight excluding hydrogens is 340 g/mol. The SMILES string of the molecule is OC[C@H]1O[C@H](O[C@]2(CO)O[C@H](CO)[C@@H](Cl)[C@@H]2O)[C@H](O)[C@@H](O)[C@@H]1O. The number of hydrogen-bond acceptors (Lipinski definition) is 10. The van der Waals surface area contributed by atoms with Gasteiger partial charge in [0, 0.05) is 0 Å². The summed E-state index contributed by atoms with van der Waals surface area (Å²) in [4.78, 5) is 0. The smallest absolute Gasteiger partial charge is 0.222 e. The van der Waals surface area contributed by atoms with Gasteiger partial charge in [-0.15, -0.1) is 11.6 Å². The Bertz CT molecular complexity index is 398. The highest BCUT2D eigenvalue weighted by Gasteiger charge is 2.58. The molecule has 7 N–H and O–H groups in total. The summed E-state index contributed by atoms with van der Waals surface area (Å²) in [6.45, 7) is -2.11. The van der Waals surface area contributed by atoms with Crippen LogP contribution in [0.15, 0.2) is 0 Å². The third kappa shape index (κ3) is 3.34.